The molecule has 114 valence electrons. The fourth-order valence-electron chi connectivity index (χ4n) is 2.71. The maximum atomic E-state index is 6.12. The smallest absolute Gasteiger partial charge is 0.189 e. The van der Waals surface area contributed by atoms with Crippen LogP contribution in [0.4, 0.5) is 0 Å². The second kappa shape index (κ2) is 6.54. The lowest BCUT2D eigenvalue weighted by Gasteiger charge is -2.11. The van der Waals surface area contributed by atoms with E-state index in [1.807, 2.05) is 12.1 Å². The highest BCUT2D eigenvalue weighted by atomic mass is 35.5. The second-order valence-corrected chi connectivity index (χ2v) is 5.81. The summed E-state index contributed by atoms with van der Waals surface area (Å²) in [6.07, 6.45) is 3.35. The standard InChI is InChI=1S/C15H20ClN3O2/c16-12-6-10-3-5-21-14(10)11(7-12)8-18-15(17)19-9-13-2-1-4-20-13/h6-7,13H,1-5,8-9H2,(H3,17,18,19). The quantitative estimate of drug-likeness (QED) is 0.658. The monoisotopic (exact) mass is 309 g/mol. The summed E-state index contributed by atoms with van der Waals surface area (Å²) < 4.78 is 11.2. The van der Waals surface area contributed by atoms with Gasteiger partial charge in [-0.3, -0.25) is 0 Å². The Balaban J connectivity index is 1.59. The van der Waals surface area contributed by atoms with E-state index in [1.165, 1.54) is 0 Å². The van der Waals surface area contributed by atoms with Gasteiger partial charge < -0.3 is 20.5 Å². The van der Waals surface area contributed by atoms with Crippen LogP contribution in [0, 0.1) is 0 Å². The minimum absolute atomic E-state index is 0.248. The largest absolute Gasteiger partial charge is 0.493 e. The van der Waals surface area contributed by atoms with E-state index in [-0.39, 0.29) is 6.10 Å². The summed E-state index contributed by atoms with van der Waals surface area (Å²) in [6, 6.07) is 3.85. The first-order valence-corrected chi connectivity index (χ1v) is 7.69. The third-order valence-electron chi connectivity index (χ3n) is 3.78. The van der Waals surface area contributed by atoms with Crippen LogP contribution >= 0.6 is 11.6 Å². The number of aliphatic imine (C=N–C) groups is 1. The average Bonchev–Trinajstić information content (AvgIpc) is 3.13. The second-order valence-electron chi connectivity index (χ2n) is 5.37. The van der Waals surface area contributed by atoms with Crippen LogP contribution in [0.2, 0.25) is 5.02 Å². The number of benzene rings is 1. The van der Waals surface area contributed by atoms with E-state index in [4.69, 9.17) is 26.8 Å². The molecular weight excluding hydrogens is 290 g/mol. The van der Waals surface area contributed by atoms with Crippen molar-refractivity contribution in [1.29, 1.82) is 0 Å². The van der Waals surface area contributed by atoms with Crippen LogP contribution in [-0.2, 0) is 17.7 Å². The van der Waals surface area contributed by atoms with Gasteiger partial charge in [0.1, 0.15) is 5.75 Å². The zero-order valence-corrected chi connectivity index (χ0v) is 12.7. The van der Waals surface area contributed by atoms with Crippen molar-refractivity contribution in [3.8, 4) is 5.75 Å². The highest BCUT2D eigenvalue weighted by molar-refractivity contribution is 6.30. The van der Waals surface area contributed by atoms with Crippen molar-refractivity contribution < 1.29 is 9.47 Å². The van der Waals surface area contributed by atoms with Crippen LogP contribution in [0.3, 0.4) is 0 Å². The first-order valence-electron chi connectivity index (χ1n) is 7.32. The van der Waals surface area contributed by atoms with E-state index in [9.17, 15) is 0 Å². The predicted octanol–water partition coefficient (Wildman–Crippen LogP) is 1.86. The molecule has 3 N–H and O–H groups in total. The molecule has 0 radical (unpaired) electrons. The molecule has 1 unspecified atom stereocenters. The molecule has 1 aromatic carbocycles. The van der Waals surface area contributed by atoms with E-state index in [0.29, 0.717) is 25.7 Å². The van der Waals surface area contributed by atoms with Gasteiger partial charge in [0, 0.05) is 30.2 Å². The fraction of sp³-hybridized carbons (Fsp3) is 0.533. The van der Waals surface area contributed by atoms with Gasteiger partial charge in [0.05, 0.1) is 19.3 Å². The molecule has 21 heavy (non-hydrogen) atoms. The number of halogens is 1. The number of nitrogens with two attached hydrogens (primary N) is 1. The summed E-state index contributed by atoms with van der Waals surface area (Å²) in [5, 5.41) is 3.82. The normalized spacial score (nSPS) is 21.2. The van der Waals surface area contributed by atoms with Crippen LogP contribution in [0.5, 0.6) is 5.75 Å². The lowest BCUT2D eigenvalue weighted by Crippen LogP contribution is -2.37. The minimum atomic E-state index is 0.248. The van der Waals surface area contributed by atoms with Crippen LogP contribution in [0.15, 0.2) is 17.1 Å². The summed E-state index contributed by atoms with van der Waals surface area (Å²) in [7, 11) is 0. The molecule has 0 aromatic heterocycles. The summed E-state index contributed by atoms with van der Waals surface area (Å²) in [4.78, 5) is 4.36. The number of rotatable bonds is 4. The van der Waals surface area contributed by atoms with Crippen LogP contribution in [-0.4, -0.2) is 31.8 Å². The number of nitrogens with one attached hydrogen (secondary N) is 1. The molecule has 2 aliphatic heterocycles. The Morgan fingerprint density at radius 2 is 2.33 bits per heavy atom. The lowest BCUT2D eigenvalue weighted by molar-refractivity contribution is 0.114. The minimum Gasteiger partial charge on any atom is -0.493 e. The Morgan fingerprint density at radius 1 is 1.43 bits per heavy atom. The predicted molar refractivity (Wildman–Crippen MR) is 83.0 cm³/mol. The van der Waals surface area contributed by atoms with Crippen molar-refractivity contribution in [2.75, 3.05) is 19.8 Å². The van der Waals surface area contributed by atoms with Gasteiger partial charge in [-0.05, 0) is 30.5 Å². The Bertz CT molecular complexity index is 542. The van der Waals surface area contributed by atoms with Crippen LogP contribution in [0.1, 0.15) is 24.0 Å². The summed E-state index contributed by atoms with van der Waals surface area (Å²) in [5.74, 6) is 1.34. The Labute approximate surface area is 129 Å². The van der Waals surface area contributed by atoms with E-state index in [2.05, 4.69) is 10.3 Å². The molecule has 2 heterocycles. The molecule has 6 heteroatoms. The van der Waals surface area contributed by atoms with Gasteiger partial charge >= 0.3 is 0 Å². The fourth-order valence-corrected chi connectivity index (χ4v) is 2.98. The number of ether oxygens (including phenoxy) is 2. The van der Waals surface area contributed by atoms with Gasteiger partial charge in [0.2, 0.25) is 0 Å². The maximum Gasteiger partial charge on any atom is 0.189 e. The number of fused-ring (bicyclic) bond motifs is 1. The molecular formula is C15H20ClN3O2. The zero-order chi connectivity index (χ0) is 14.7. The highest BCUT2D eigenvalue weighted by Gasteiger charge is 2.18. The summed E-state index contributed by atoms with van der Waals surface area (Å²) >= 11 is 6.12. The van der Waals surface area contributed by atoms with E-state index < -0.39 is 0 Å². The van der Waals surface area contributed by atoms with E-state index in [0.717, 1.165) is 47.8 Å². The topological polar surface area (TPSA) is 68.9 Å². The lowest BCUT2D eigenvalue weighted by atomic mass is 10.1. The Hall–Kier alpha value is -1.46. The molecule has 1 atom stereocenters. The van der Waals surface area contributed by atoms with E-state index >= 15 is 0 Å². The molecule has 3 rings (SSSR count). The van der Waals surface area contributed by atoms with Gasteiger partial charge in [-0.15, -0.1) is 0 Å². The van der Waals surface area contributed by atoms with E-state index in [1.54, 1.807) is 0 Å². The molecule has 1 aromatic rings. The molecule has 0 amide bonds. The van der Waals surface area contributed by atoms with Gasteiger partial charge in [0.15, 0.2) is 5.96 Å². The first kappa shape index (κ1) is 14.5. The Kier molecular flexibility index (Phi) is 4.51. The SMILES string of the molecule is NC(=NCc1cc(Cl)cc2c1OCC2)NCC1CCCO1. The van der Waals surface area contributed by atoms with Crippen molar-refractivity contribution in [2.45, 2.75) is 31.9 Å². The number of hydrogen-bond donors (Lipinski definition) is 2. The van der Waals surface area contributed by atoms with Gasteiger partial charge in [-0.25, -0.2) is 4.99 Å². The molecule has 0 aliphatic carbocycles. The average molecular weight is 310 g/mol. The van der Waals surface area contributed by atoms with Crippen molar-refractivity contribution in [1.82, 2.24) is 5.32 Å². The number of guanidine groups is 1. The van der Waals surface area contributed by atoms with Crippen molar-refractivity contribution in [3.63, 3.8) is 0 Å². The zero-order valence-electron chi connectivity index (χ0n) is 11.9. The Morgan fingerprint density at radius 3 is 3.14 bits per heavy atom. The van der Waals surface area contributed by atoms with Gasteiger partial charge in [0.25, 0.3) is 0 Å². The number of nitrogens with zero attached hydrogens (tertiary/aromatic N) is 1. The molecule has 5 nitrogen and oxygen atoms in total. The molecule has 0 bridgehead atoms. The van der Waals surface area contributed by atoms with Crippen LogP contribution in [0.25, 0.3) is 0 Å². The van der Waals surface area contributed by atoms with Crippen LogP contribution < -0.4 is 15.8 Å². The van der Waals surface area contributed by atoms with Crippen molar-refractivity contribution in [2.24, 2.45) is 10.7 Å². The highest BCUT2D eigenvalue weighted by Crippen LogP contribution is 2.33. The number of hydrogen-bond acceptors (Lipinski definition) is 3. The third kappa shape index (κ3) is 3.60. The molecule has 2 aliphatic rings. The first-order chi connectivity index (χ1) is 10.2. The van der Waals surface area contributed by atoms with Crippen molar-refractivity contribution in [3.05, 3.63) is 28.3 Å². The maximum absolute atomic E-state index is 6.12. The van der Waals surface area contributed by atoms with Crippen molar-refractivity contribution >= 4 is 17.6 Å². The summed E-state index contributed by atoms with van der Waals surface area (Å²) in [5.41, 5.74) is 8.03. The summed E-state index contributed by atoms with van der Waals surface area (Å²) in [6.45, 7) is 2.72. The molecule has 0 spiro atoms. The molecule has 1 fully saturated rings. The molecule has 0 saturated carbocycles. The molecule has 1 saturated heterocycles. The third-order valence-corrected chi connectivity index (χ3v) is 4.00. The van der Waals surface area contributed by atoms with Gasteiger partial charge in [-0.2, -0.15) is 0 Å². The van der Waals surface area contributed by atoms with Gasteiger partial charge in [-0.1, -0.05) is 11.6 Å².